The van der Waals surface area contributed by atoms with Gasteiger partial charge in [-0.1, -0.05) is 31.2 Å². The maximum absolute atomic E-state index is 12.3. The number of hydrogen-bond acceptors (Lipinski definition) is 3. The van der Waals surface area contributed by atoms with Crippen LogP contribution in [0.5, 0.6) is 5.75 Å². The number of carbonyl (C=O) groups excluding carboxylic acids is 2. The molecule has 0 radical (unpaired) electrons. The van der Waals surface area contributed by atoms with Gasteiger partial charge < -0.3 is 15.0 Å². The lowest BCUT2D eigenvalue weighted by Gasteiger charge is -2.29. The Morgan fingerprint density at radius 3 is 2.84 bits per heavy atom. The molecule has 0 aliphatic carbocycles. The van der Waals surface area contributed by atoms with Gasteiger partial charge in [0.1, 0.15) is 5.75 Å². The molecule has 2 amide bonds. The van der Waals surface area contributed by atoms with E-state index in [2.05, 4.69) is 5.32 Å². The molecule has 1 atom stereocenters. The maximum Gasteiger partial charge on any atom is 0.265 e. The first kappa shape index (κ1) is 17.0. The van der Waals surface area contributed by atoms with E-state index in [9.17, 15) is 9.59 Å². The molecule has 1 N–H and O–H groups in total. The number of ether oxygens (including phenoxy) is 1. The molecule has 0 bridgehead atoms. The minimum atomic E-state index is -0.0927. The molecular weight excluding hydrogens is 316 g/mol. The monoisotopic (exact) mass is 338 g/mol. The van der Waals surface area contributed by atoms with E-state index < -0.39 is 0 Å². The molecule has 130 valence electrons. The zero-order valence-electron chi connectivity index (χ0n) is 14.5. The van der Waals surface area contributed by atoms with Crippen LogP contribution in [0.25, 0.3) is 0 Å². The average Bonchev–Trinajstić information content (AvgIpc) is 2.64. The first-order valence-corrected chi connectivity index (χ1v) is 8.50. The summed E-state index contributed by atoms with van der Waals surface area (Å²) in [7, 11) is 0. The van der Waals surface area contributed by atoms with Gasteiger partial charge in [-0.2, -0.15) is 0 Å². The van der Waals surface area contributed by atoms with Gasteiger partial charge in [-0.05, 0) is 43.2 Å². The molecule has 25 heavy (non-hydrogen) atoms. The molecule has 0 saturated carbocycles. The predicted molar refractivity (Wildman–Crippen MR) is 96.8 cm³/mol. The number of nitrogens with zero attached hydrogens (tertiary/aromatic N) is 1. The lowest BCUT2D eigenvalue weighted by molar-refractivity contribution is -0.121. The Balaban J connectivity index is 1.81. The molecule has 0 saturated heterocycles. The Bertz CT molecular complexity index is 788. The quantitative estimate of drug-likeness (QED) is 0.911. The fourth-order valence-corrected chi connectivity index (χ4v) is 2.73. The molecule has 1 aliphatic heterocycles. The largest absolute Gasteiger partial charge is 0.482 e. The van der Waals surface area contributed by atoms with E-state index in [4.69, 9.17) is 4.74 Å². The molecule has 3 rings (SSSR count). The molecule has 2 aromatic rings. The van der Waals surface area contributed by atoms with Crippen molar-refractivity contribution in [1.29, 1.82) is 0 Å². The number of fused-ring (bicyclic) bond motifs is 1. The van der Waals surface area contributed by atoms with Gasteiger partial charge in [0, 0.05) is 11.6 Å². The third-order valence-corrected chi connectivity index (χ3v) is 4.33. The van der Waals surface area contributed by atoms with Crippen LogP contribution in [-0.2, 0) is 11.3 Å². The topological polar surface area (TPSA) is 58.6 Å². The molecule has 1 heterocycles. The van der Waals surface area contributed by atoms with E-state index in [0.717, 1.165) is 17.7 Å². The van der Waals surface area contributed by atoms with Crippen LogP contribution in [-0.4, -0.2) is 24.5 Å². The van der Waals surface area contributed by atoms with E-state index in [0.29, 0.717) is 17.9 Å². The molecule has 2 aromatic carbocycles. The van der Waals surface area contributed by atoms with Crippen molar-refractivity contribution in [1.82, 2.24) is 5.32 Å². The van der Waals surface area contributed by atoms with Gasteiger partial charge in [-0.3, -0.25) is 9.59 Å². The fraction of sp³-hybridized carbons (Fsp3) is 0.300. The van der Waals surface area contributed by atoms with E-state index in [1.165, 1.54) is 0 Å². The van der Waals surface area contributed by atoms with Gasteiger partial charge in [0.25, 0.3) is 11.8 Å². The van der Waals surface area contributed by atoms with Crippen molar-refractivity contribution >= 4 is 17.5 Å². The first-order valence-electron chi connectivity index (χ1n) is 8.50. The predicted octanol–water partition coefficient (Wildman–Crippen LogP) is 3.14. The van der Waals surface area contributed by atoms with Crippen molar-refractivity contribution in [3.63, 3.8) is 0 Å². The highest BCUT2D eigenvalue weighted by atomic mass is 16.5. The van der Waals surface area contributed by atoms with Crippen LogP contribution in [0, 0.1) is 0 Å². The second-order valence-electron chi connectivity index (χ2n) is 6.22. The number of anilines is 1. The van der Waals surface area contributed by atoms with Crippen LogP contribution in [0.4, 0.5) is 5.69 Å². The standard InChI is InChI=1S/C20H22N2O3/c1-3-14(2)21-20(24)16-8-6-7-15(11-16)12-22-17-9-4-5-10-18(17)25-13-19(22)23/h4-11,14H,3,12-13H2,1-2H3,(H,21,24). The van der Waals surface area contributed by atoms with Crippen LogP contribution in [0.1, 0.15) is 36.2 Å². The Labute approximate surface area is 147 Å². The zero-order chi connectivity index (χ0) is 17.8. The maximum atomic E-state index is 12.3. The Morgan fingerprint density at radius 1 is 1.24 bits per heavy atom. The van der Waals surface area contributed by atoms with Crippen LogP contribution < -0.4 is 15.0 Å². The van der Waals surface area contributed by atoms with E-state index in [1.807, 2.05) is 56.3 Å². The summed E-state index contributed by atoms with van der Waals surface area (Å²) in [5.74, 6) is 0.519. The van der Waals surface area contributed by atoms with Crippen LogP contribution >= 0.6 is 0 Å². The third kappa shape index (κ3) is 3.82. The van der Waals surface area contributed by atoms with Gasteiger partial charge >= 0.3 is 0 Å². The highest BCUT2D eigenvalue weighted by molar-refractivity contribution is 5.98. The zero-order valence-corrected chi connectivity index (χ0v) is 14.5. The number of benzene rings is 2. The second kappa shape index (κ2) is 7.38. The van der Waals surface area contributed by atoms with Crippen molar-refractivity contribution in [2.45, 2.75) is 32.9 Å². The Kier molecular flexibility index (Phi) is 5.03. The third-order valence-electron chi connectivity index (χ3n) is 4.33. The van der Waals surface area contributed by atoms with Gasteiger partial charge in [0.2, 0.25) is 0 Å². The summed E-state index contributed by atoms with van der Waals surface area (Å²) in [5.41, 5.74) is 2.27. The number of amides is 2. The minimum absolute atomic E-state index is 0.0329. The Morgan fingerprint density at radius 2 is 2.04 bits per heavy atom. The van der Waals surface area contributed by atoms with Gasteiger partial charge in [-0.15, -0.1) is 0 Å². The highest BCUT2D eigenvalue weighted by Gasteiger charge is 2.25. The molecule has 1 unspecified atom stereocenters. The van der Waals surface area contributed by atoms with Crippen LogP contribution in [0.15, 0.2) is 48.5 Å². The summed E-state index contributed by atoms with van der Waals surface area (Å²) in [6.07, 6.45) is 0.879. The van der Waals surface area contributed by atoms with Crippen molar-refractivity contribution in [2.75, 3.05) is 11.5 Å². The number of para-hydroxylation sites is 2. The highest BCUT2D eigenvalue weighted by Crippen LogP contribution is 2.32. The minimum Gasteiger partial charge on any atom is -0.482 e. The summed E-state index contributed by atoms with van der Waals surface area (Å²) in [4.78, 5) is 26.3. The fourth-order valence-electron chi connectivity index (χ4n) is 2.73. The van der Waals surface area contributed by atoms with E-state index in [1.54, 1.807) is 11.0 Å². The lowest BCUT2D eigenvalue weighted by Crippen LogP contribution is -2.38. The molecule has 5 heteroatoms. The van der Waals surface area contributed by atoms with Crippen molar-refractivity contribution in [3.05, 3.63) is 59.7 Å². The summed E-state index contributed by atoms with van der Waals surface area (Å²) in [5, 5.41) is 2.96. The molecule has 0 fully saturated rings. The molecule has 0 aromatic heterocycles. The molecule has 5 nitrogen and oxygen atoms in total. The number of rotatable bonds is 5. The van der Waals surface area contributed by atoms with Crippen molar-refractivity contribution in [3.8, 4) is 5.75 Å². The number of carbonyl (C=O) groups is 2. The second-order valence-corrected chi connectivity index (χ2v) is 6.22. The lowest BCUT2D eigenvalue weighted by atomic mass is 10.1. The molecule has 1 aliphatic rings. The Hall–Kier alpha value is -2.82. The molecule has 0 spiro atoms. The SMILES string of the molecule is CCC(C)NC(=O)c1cccc(CN2C(=O)COc3ccccc32)c1. The van der Waals surface area contributed by atoms with E-state index in [-0.39, 0.29) is 24.5 Å². The summed E-state index contributed by atoms with van der Waals surface area (Å²) < 4.78 is 5.47. The smallest absolute Gasteiger partial charge is 0.265 e. The van der Waals surface area contributed by atoms with Crippen molar-refractivity contribution in [2.24, 2.45) is 0 Å². The van der Waals surface area contributed by atoms with Gasteiger partial charge in [0.05, 0.1) is 12.2 Å². The number of hydrogen-bond donors (Lipinski definition) is 1. The van der Waals surface area contributed by atoms with Crippen molar-refractivity contribution < 1.29 is 14.3 Å². The van der Waals surface area contributed by atoms with E-state index >= 15 is 0 Å². The average molecular weight is 338 g/mol. The van der Waals surface area contributed by atoms with Crippen LogP contribution in [0.3, 0.4) is 0 Å². The summed E-state index contributed by atoms with van der Waals surface area (Å²) in [6, 6.07) is 15.0. The first-order chi connectivity index (χ1) is 12.1. The van der Waals surface area contributed by atoms with Crippen LogP contribution in [0.2, 0.25) is 0 Å². The van der Waals surface area contributed by atoms with Gasteiger partial charge in [0.15, 0.2) is 6.61 Å². The number of nitrogens with one attached hydrogen (secondary N) is 1. The summed E-state index contributed by atoms with van der Waals surface area (Å²) >= 11 is 0. The normalized spacial score (nSPS) is 14.5. The summed E-state index contributed by atoms with van der Waals surface area (Å²) in [6.45, 7) is 4.45. The van der Waals surface area contributed by atoms with Gasteiger partial charge in [-0.25, -0.2) is 0 Å². The molecular formula is C20H22N2O3.